The Labute approximate surface area is 154 Å². The highest BCUT2D eigenvalue weighted by Crippen LogP contribution is 2.36. The van der Waals surface area contributed by atoms with Crippen molar-refractivity contribution < 1.29 is 19.0 Å². The van der Waals surface area contributed by atoms with Gasteiger partial charge in [-0.3, -0.25) is 4.79 Å². The molecule has 1 aliphatic heterocycles. The Morgan fingerprint density at radius 2 is 2.23 bits per heavy atom. The number of fused-ring (bicyclic) bond motifs is 1. The number of carbonyl (C=O) groups is 1. The van der Waals surface area contributed by atoms with E-state index < -0.39 is 5.91 Å². The molecule has 1 aromatic carbocycles. The average Bonchev–Trinajstić information content (AvgIpc) is 2.98. The van der Waals surface area contributed by atoms with Crippen LogP contribution in [0.3, 0.4) is 0 Å². The first kappa shape index (κ1) is 19.8. The topological polar surface area (TPSA) is 80.6 Å². The third-order valence-corrected chi connectivity index (χ3v) is 3.95. The van der Waals surface area contributed by atoms with Crippen LogP contribution in [0.15, 0.2) is 17.7 Å². The van der Waals surface area contributed by atoms with Crippen molar-refractivity contribution in [3.05, 3.63) is 28.8 Å². The normalized spacial score (nSPS) is 15.8. The van der Waals surface area contributed by atoms with Crippen molar-refractivity contribution in [2.75, 3.05) is 26.4 Å². The van der Waals surface area contributed by atoms with Crippen molar-refractivity contribution in [1.82, 2.24) is 5.32 Å². The third-order valence-electron chi connectivity index (χ3n) is 3.95. The highest BCUT2D eigenvalue weighted by molar-refractivity contribution is 6.02. The minimum Gasteiger partial charge on any atom is -0.493 e. The molecule has 0 unspecified atom stereocenters. The Balaban J connectivity index is 2.15. The van der Waals surface area contributed by atoms with Gasteiger partial charge in [0, 0.05) is 37.3 Å². The fourth-order valence-corrected chi connectivity index (χ4v) is 2.77. The molecular weight excluding hydrogens is 332 g/mol. The summed E-state index contributed by atoms with van der Waals surface area (Å²) in [5.41, 5.74) is 1.78. The highest BCUT2D eigenvalue weighted by atomic mass is 16.5. The quantitative estimate of drug-likeness (QED) is 0.417. The second kappa shape index (κ2) is 9.83. The van der Waals surface area contributed by atoms with Crippen LogP contribution in [0.1, 0.15) is 38.3 Å². The van der Waals surface area contributed by atoms with Crippen LogP contribution in [0.2, 0.25) is 0 Å². The standard InChI is InChI=1S/C20H26N2O4/c1-4-24-8-6-7-22-20(23)17(13-21)10-16-12-19-15(9-14(3)26-19)11-18(16)25-5-2/h10-12,14H,4-9H2,1-3H3,(H,22,23)/b17-10+/t14-/m0/s1. The number of nitrogens with zero attached hydrogens (tertiary/aromatic N) is 1. The summed E-state index contributed by atoms with van der Waals surface area (Å²) in [6.45, 7) is 8.02. The van der Waals surface area contributed by atoms with Crippen LogP contribution in [0.5, 0.6) is 11.5 Å². The number of rotatable bonds is 9. The summed E-state index contributed by atoms with van der Waals surface area (Å²) in [6.07, 6.45) is 3.19. The van der Waals surface area contributed by atoms with E-state index in [1.54, 1.807) is 6.08 Å². The van der Waals surface area contributed by atoms with Gasteiger partial charge in [-0.05, 0) is 45.4 Å². The van der Waals surface area contributed by atoms with Gasteiger partial charge >= 0.3 is 0 Å². The molecule has 0 radical (unpaired) electrons. The molecule has 0 spiro atoms. The van der Waals surface area contributed by atoms with Crippen molar-refractivity contribution in [1.29, 1.82) is 5.26 Å². The van der Waals surface area contributed by atoms with Gasteiger partial charge < -0.3 is 19.5 Å². The number of nitrogens with one attached hydrogen (secondary N) is 1. The first-order valence-electron chi connectivity index (χ1n) is 9.03. The molecule has 1 N–H and O–H groups in total. The lowest BCUT2D eigenvalue weighted by Crippen LogP contribution is -2.26. The Morgan fingerprint density at radius 1 is 1.42 bits per heavy atom. The largest absolute Gasteiger partial charge is 0.493 e. The molecule has 2 rings (SSSR count). The maximum absolute atomic E-state index is 12.3. The molecule has 1 amide bonds. The number of ether oxygens (including phenoxy) is 3. The van der Waals surface area contributed by atoms with Gasteiger partial charge in [0.1, 0.15) is 29.2 Å². The van der Waals surface area contributed by atoms with E-state index in [4.69, 9.17) is 14.2 Å². The molecule has 0 aromatic heterocycles. The van der Waals surface area contributed by atoms with Crippen LogP contribution in [0.4, 0.5) is 0 Å². The molecule has 0 aliphatic carbocycles. The van der Waals surface area contributed by atoms with Gasteiger partial charge in [-0.2, -0.15) is 5.26 Å². The molecule has 0 fully saturated rings. The Bertz CT molecular complexity index is 706. The fourth-order valence-electron chi connectivity index (χ4n) is 2.77. The van der Waals surface area contributed by atoms with Crippen LogP contribution in [-0.2, 0) is 16.0 Å². The van der Waals surface area contributed by atoms with Gasteiger partial charge in [-0.1, -0.05) is 0 Å². The van der Waals surface area contributed by atoms with Crippen molar-refractivity contribution in [3.8, 4) is 17.6 Å². The van der Waals surface area contributed by atoms with Gasteiger partial charge in [0.15, 0.2) is 0 Å². The van der Waals surface area contributed by atoms with Gasteiger partial charge in [0.05, 0.1) is 6.61 Å². The van der Waals surface area contributed by atoms with Crippen molar-refractivity contribution in [3.63, 3.8) is 0 Å². The molecule has 26 heavy (non-hydrogen) atoms. The minimum absolute atomic E-state index is 0.0355. The smallest absolute Gasteiger partial charge is 0.261 e. The first-order valence-corrected chi connectivity index (χ1v) is 9.03. The monoisotopic (exact) mass is 358 g/mol. The first-order chi connectivity index (χ1) is 12.6. The van der Waals surface area contributed by atoms with E-state index in [2.05, 4.69) is 5.32 Å². The van der Waals surface area contributed by atoms with E-state index in [0.29, 0.717) is 44.1 Å². The molecule has 0 bridgehead atoms. The Kier molecular flexibility index (Phi) is 7.49. The minimum atomic E-state index is -0.402. The second-order valence-electron chi connectivity index (χ2n) is 6.04. The van der Waals surface area contributed by atoms with E-state index in [9.17, 15) is 10.1 Å². The molecule has 140 valence electrons. The molecule has 1 atom stereocenters. The zero-order chi connectivity index (χ0) is 18.9. The van der Waals surface area contributed by atoms with Gasteiger partial charge in [-0.15, -0.1) is 0 Å². The maximum atomic E-state index is 12.3. The predicted molar refractivity (Wildman–Crippen MR) is 99.1 cm³/mol. The summed E-state index contributed by atoms with van der Waals surface area (Å²) in [6, 6.07) is 5.74. The van der Waals surface area contributed by atoms with Crippen molar-refractivity contribution >= 4 is 12.0 Å². The van der Waals surface area contributed by atoms with E-state index >= 15 is 0 Å². The van der Waals surface area contributed by atoms with Crippen LogP contribution in [0.25, 0.3) is 6.08 Å². The summed E-state index contributed by atoms with van der Waals surface area (Å²) in [5, 5.41) is 12.1. The maximum Gasteiger partial charge on any atom is 0.261 e. The lowest BCUT2D eigenvalue weighted by molar-refractivity contribution is -0.117. The molecular formula is C20H26N2O4. The Morgan fingerprint density at radius 3 is 2.92 bits per heavy atom. The highest BCUT2D eigenvalue weighted by Gasteiger charge is 2.22. The van der Waals surface area contributed by atoms with Crippen LogP contribution in [-0.4, -0.2) is 38.4 Å². The fraction of sp³-hybridized carbons (Fsp3) is 0.500. The number of hydrogen-bond acceptors (Lipinski definition) is 5. The lowest BCUT2D eigenvalue weighted by Gasteiger charge is -2.11. The molecule has 0 saturated carbocycles. The zero-order valence-corrected chi connectivity index (χ0v) is 15.6. The van der Waals surface area contributed by atoms with E-state index in [1.807, 2.05) is 39.0 Å². The van der Waals surface area contributed by atoms with Crippen LogP contribution >= 0.6 is 0 Å². The number of amides is 1. The van der Waals surface area contributed by atoms with E-state index in [-0.39, 0.29) is 11.7 Å². The summed E-state index contributed by atoms with van der Waals surface area (Å²) in [5.74, 6) is 1.03. The molecule has 1 aromatic rings. The van der Waals surface area contributed by atoms with Gasteiger partial charge in [0.25, 0.3) is 5.91 Å². The summed E-state index contributed by atoms with van der Waals surface area (Å²) < 4.78 is 16.7. The summed E-state index contributed by atoms with van der Waals surface area (Å²) in [4.78, 5) is 12.3. The molecule has 1 heterocycles. The average molecular weight is 358 g/mol. The number of benzene rings is 1. The van der Waals surface area contributed by atoms with E-state index in [1.165, 1.54) is 0 Å². The zero-order valence-electron chi connectivity index (χ0n) is 15.6. The number of nitriles is 1. The van der Waals surface area contributed by atoms with Crippen molar-refractivity contribution in [2.24, 2.45) is 0 Å². The third kappa shape index (κ3) is 5.24. The van der Waals surface area contributed by atoms with Gasteiger partial charge in [-0.25, -0.2) is 0 Å². The molecule has 6 nitrogen and oxygen atoms in total. The molecule has 6 heteroatoms. The van der Waals surface area contributed by atoms with Crippen molar-refractivity contribution in [2.45, 2.75) is 39.7 Å². The second-order valence-corrected chi connectivity index (χ2v) is 6.04. The molecule has 0 saturated heterocycles. The summed E-state index contributed by atoms with van der Waals surface area (Å²) in [7, 11) is 0. The lowest BCUT2D eigenvalue weighted by atomic mass is 10.0. The van der Waals surface area contributed by atoms with Gasteiger partial charge in [0.2, 0.25) is 0 Å². The van der Waals surface area contributed by atoms with Crippen LogP contribution in [0, 0.1) is 11.3 Å². The number of carbonyl (C=O) groups excluding carboxylic acids is 1. The summed E-state index contributed by atoms with van der Waals surface area (Å²) >= 11 is 0. The predicted octanol–water partition coefficient (Wildman–Crippen LogP) is 2.86. The SMILES string of the molecule is CCOCCCNC(=O)/C(C#N)=C/c1cc2c(cc1OCC)C[C@H](C)O2. The van der Waals surface area contributed by atoms with E-state index in [0.717, 1.165) is 17.7 Å². The molecule has 1 aliphatic rings. The van der Waals surface area contributed by atoms with Crippen LogP contribution < -0.4 is 14.8 Å². The Hall–Kier alpha value is -2.52. The number of hydrogen-bond donors (Lipinski definition) is 1.